The zero-order valence-electron chi connectivity index (χ0n) is 6.02. The van der Waals surface area contributed by atoms with Crippen molar-refractivity contribution in [3.63, 3.8) is 0 Å². The molecule has 0 spiro atoms. The summed E-state index contributed by atoms with van der Waals surface area (Å²) in [6.45, 7) is 4.78. The first-order chi connectivity index (χ1) is 3.93. The minimum atomic E-state index is 0. The Labute approximate surface area is 63.6 Å². The number of hydrogen-bond acceptors (Lipinski definition) is 1. The molecule has 0 amide bonds. The van der Waals surface area contributed by atoms with E-state index in [-0.39, 0.29) is 12.4 Å². The van der Waals surface area contributed by atoms with Crippen molar-refractivity contribution in [1.82, 2.24) is 5.32 Å². The molecule has 1 N–H and O–H groups in total. The summed E-state index contributed by atoms with van der Waals surface area (Å²) in [6.07, 6.45) is 4.19. The first-order valence-corrected chi connectivity index (χ1v) is 3.64. The molecule has 56 valence electrons. The number of nitrogens with one attached hydrogen (secondary N) is 1. The highest BCUT2D eigenvalue weighted by Crippen LogP contribution is 2.12. The molecule has 1 saturated heterocycles. The van der Waals surface area contributed by atoms with E-state index in [1.165, 1.54) is 32.4 Å². The van der Waals surface area contributed by atoms with Crippen molar-refractivity contribution in [3.8, 4) is 0 Å². The first kappa shape index (κ1) is 9.25. The second kappa shape index (κ2) is 5.07. The van der Waals surface area contributed by atoms with Crippen molar-refractivity contribution in [2.45, 2.75) is 26.2 Å². The Balaban J connectivity index is 0.000000640. The Morgan fingerprint density at radius 3 is 2.67 bits per heavy atom. The molecule has 0 bridgehead atoms. The third kappa shape index (κ3) is 3.07. The van der Waals surface area contributed by atoms with E-state index < -0.39 is 0 Å². The van der Waals surface area contributed by atoms with Crippen LogP contribution in [0.2, 0.25) is 0 Å². The lowest BCUT2D eigenvalue weighted by Crippen LogP contribution is -2.29. The average molecular weight is 150 g/mol. The highest BCUT2D eigenvalue weighted by molar-refractivity contribution is 5.85. The van der Waals surface area contributed by atoms with E-state index in [4.69, 9.17) is 0 Å². The molecule has 9 heavy (non-hydrogen) atoms. The van der Waals surface area contributed by atoms with Gasteiger partial charge in [0.15, 0.2) is 0 Å². The largest absolute Gasteiger partial charge is 0.316 e. The molecule has 1 unspecified atom stereocenters. The third-order valence-electron chi connectivity index (χ3n) is 1.98. The molecule has 1 heterocycles. The summed E-state index contributed by atoms with van der Waals surface area (Å²) in [5, 5.41) is 3.39. The topological polar surface area (TPSA) is 12.0 Å². The van der Waals surface area contributed by atoms with Gasteiger partial charge in [-0.25, -0.2) is 0 Å². The molecular weight excluding hydrogens is 134 g/mol. The maximum absolute atomic E-state index is 3.39. The van der Waals surface area contributed by atoms with E-state index in [1.54, 1.807) is 0 Å². The van der Waals surface area contributed by atoms with Gasteiger partial charge in [0.1, 0.15) is 0 Å². The lowest BCUT2D eigenvalue weighted by Gasteiger charge is -2.20. The van der Waals surface area contributed by atoms with Gasteiger partial charge in [-0.05, 0) is 31.8 Å². The summed E-state index contributed by atoms with van der Waals surface area (Å²) < 4.78 is 0. The zero-order valence-corrected chi connectivity index (χ0v) is 6.84. The first-order valence-electron chi connectivity index (χ1n) is 3.64. The molecule has 0 saturated carbocycles. The van der Waals surface area contributed by atoms with Crippen molar-refractivity contribution < 1.29 is 0 Å². The Hall–Kier alpha value is 0.250. The Bertz CT molecular complexity index is 59.9. The van der Waals surface area contributed by atoms with E-state index in [2.05, 4.69) is 12.2 Å². The fourth-order valence-corrected chi connectivity index (χ4v) is 1.27. The summed E-state index contributed by atoms with van der Waals surface area (Å²) in [4.78, 5) is 0. The predicted octanol–water partition coefficient (Wildman–Crippen LogP) is 1.82. The van der Waals surface area contributed by atoms with E-state index in [1.807, 2.05) is 0 Å². The summed E-state index contributed by atoms with van der Waals surface area (Å²) in [5.41, 5.74) is 0. The van der Waals surface area contributed by atoms with Crippen LogP contribution >= 0.6 is 12.4 Å². The molecule has 1 aliphatic rings. The molecule has 1 fully saturated rings. The van der Waals surface area contributed by atoms with Gasteiger partial charge in [-0.3, -0.25) is 0 Å². The fourth-order valence-electron chi connectivity index (χ4n) is 1.27. The quantitative estimate of drug-likeness (QED) is 0.600. The van der Waals surface area contributed by atoms with Crippen LogP contribution in [-0.2, 0) is 0 Å². The summed E-state index contributed by atoms with van der Waals surface area (Å²) >= 11 is 0. The lowest BCUT2D eigenvalue weighted by atomic mass is 9.97. The highest BCUT2D eigenvalue weighted by atomic mass is 35.5. The molecule has 0 aliphatic carbocycles. The van der Waals surface area contributed by atoms with Crippen molar-refractivity contribution in [2.75, 3.05) is 13.1 Å². The van der Waals surface area contributed by atoms with Gasteiger partial charge >= 0.3 is 0 Å². The van der Waals surface area contributed by atoms with Crippen LogP contribution in [0.15, 0.2) is 0 Å². The van der Waals surface area contributed by atoms with Crippen LogP contribution in [0, 0.1) is 5.92 Å². The maximum Gasteiger partial charge on any atom is -0.00206 e. The van der Waals surface area contributed by atoms with E-state index in [0.29, 0.717) is 0 Å². The van der Waals surface area contributed by atoms with E-state index in [0.717, 1.165) is 5.92 Å². The summed E-state index contributed by atoms with van der Waals surface area (Å²) in [5.74, 6) is 0.976. The van der Waals surface area contributed by atoms with Gasteiger partial charge in [-0.15, -0.1) is 12.4 Å². The monoisotopic (exact) mass is 149 g/mol. The molecule has 2 heteroatoms. The molecule has 1 aliphatic heterocycles. The van der Waals surface area contributed by atoms with Crippen LogP contribution in [0.5, 0.6) is 0 Å². The van der Waals surface area contributed by atoms with Crippen LogP contribution < -0.4 is 5.32 Å². The molecule has 1 atom stereocenters. The summed E-state index contributed by atoms with van der Waals surface area (Å²) in [6, 6.07) is 0. The molecule has 1 rings (SSSR count). The average Bonchev–Trinajstić information content (AvgIpc) is 1.90. The van der Waals surface area contributed by atoms with Crippen molar-refractivity contribution in [2.24, 2.45) is 5.92 Å². The fraction of sp³-hybridized carbons (Fsp3) is 1.00. The lowest BCUT2D eigenvalue weighted by molar-refractivity contribution is 0.369. The molecule has 0 radical (unpaired) electrons. The second-order valence-corrected chi connectivity index (χ2v) is 2.62. The van der Waals surface area contributed by atoms with Crippen molar-refractivity contribution in [1.29, 1.82) is 0 Å². The van der Waals surface area contributed by atoms with E-state index >= 15 is 0 Å². The molecule has 0 aromatic carbocycles. The van der Waals surface area contributed by atoms with Crippen LogP contribution in [0.25, 0.3) is 0 Å². The van der Waals surface area contributed by atoms with Crippen LogP contribution in [0.3, 0.4) is 0 Å². The van der Waals surface area contributed by atoms with Crippen molar-refractivity contribution >= 4 is 12.4 Å². The molecular formula is C7H16ClN. The number of rotatable bonds is 1. The molecule has 0 aromatic rings. The predicted molar refractivity (Wildman–Crippen MR) is 43.1 cm³/mol. The SMILES string of the molecule is CCC1CCCNC1.Cl. The van der Waals surface area contributed by atoms with Crippen LogP contribution in [0.4, 0.5) is 0 Å². The van der Waals surface area contributed by atoms with Gasteiger partial charge in [-0.2, -0.15) is 0 Å². The van der Waals surface area contributed by atoms with Crippen LogP contribution in [0.1, 0.15) is 26.2 Å². The smallest absolute Gasteiger partial charge is 0.00206 e. The normalized spacial score (nSPS) is 27.0. The van der Waals surface area contributed by atoms with Crippen molar-refractivity contribution in [3.05, 3.63) is 0 Å². The van der Waals surface area contributed by atoms with Gasteiger partial charge in [0.05, 0.1) is 0 Å². The Morgan fingerprint density at radius 2 is 2.33 bits per heavy atom. The standard InChI is InChI=1S/C7H15N.ClH/c1-2-7-4-3-5-8-6-7;/h7-8H,2-6H2,1H3;1H. The van der Waals surface area contributed by atoms with Gasteiger partial charge in [0.25, 0.3) is 0 Å². The van der Waals surface area contributed by atoms with Crippen LogP contribution in [-0.4, -0.2) is 13.1 Å². The second-order valence-electron chi connectivity index (χ2n) is 2.62. The van der Waals surface area contributed by atoms with Gasteiger partial charge < -0.3 is 5.32 Å². The Morgan fingerprint density at radius 1 is 1.56 bits per heavy atom. The van der Waals surface area contributed by atoms with Gasteiger partial charge in [0, 0.05) is 0 Å². The van der Waals surface area contributed by atoms with Gasteiger partial charge in [-0.1, -0.05) is 13.3 Å². The zero-order chi connectivity index (χ0) is 5.82. The minimum absolute atomic E-state index is 0. The third-order valence-corrected chi connectivity index (χ3v) is 1.98. The number of halogens is 1. The van der Waals surface area contributed by atoms with Gasteiger partial charge in [0.2, 0.25) is 0 Å². The number of hydrogen-bond donors (Lipinski definition) is 1. The Kier molecular flexibility index (Phi) is 5.21. The highest BCUT2D eigenvalue weighted by Gasteiger charge is 2.08. The molecule has 0 aromatic heterocycles. The van der Waals surface area contributed by atoms with E-state index in [9.17, 15) is 0 Å². The number of piperidine rings is 1. The molecule has 1 nitrogen and oxygen atoms in total. The summed E-state index contributed by atoms with van der Waals surface area (Å²) in [7, 11) is 0. The maximum atomic E-state index is 3.39. The minimum Gasteiger partial charge on any atom is -0.316 e.